The Morgan fingerprint density at radius 1 is 0.909 bits per heavy atom. The molecular formula is C17H32N4O. The monoisotopic (exact) mass is 308 g/mol. The summed E-state index contributed by atoms with van der Waals surface area (Å²) in [6.45, 7) is 8.83. The molecule has 1 amide bonds. The van der Waals surface area contributed by atoms with Crippen molar-refractivity contribution < 1.29 is 4.79 Å². The van der Waals surface area contributed by atoms with Crippen LogP contribution in [0.25, 0.3) is 0 Å². The van der Waals surface area contributed by atoms with Gasteiger partial charge in [-0.25, -0.2) is 0 Å². The molecule has 0 spiro atoms. The Morgan fingerprint density at radius 3 is 2.14 bits per heavy atom. The van der Waals surface area contributed by atoms with E-state index >= 15 is 0 Å². The van der Waals surface area contributed by atoms with Crippen LogP contribution >= 0.6 is 0 Å². The third kappa shape index (κ3) is 4.00. The van der Waals surface area contributed by atoms with E-state index in [1.807, 2.05) is 0 Å². The highest BCUT2D eigenvalue weighted by atomic mass is 16.2. The van der Waals surface area contributed by atoms with Crippen LogP contribution in [-0.4, -0.2) is 98.0 Å². The van der Waals surface area contributed by atoms with Crippen LogP contribution < -0.4 is 0 Å². The maximum absolute atomic E-state index is 12.3. The van der Waals surface area contributed by atoms with Gasteiger partial charge in [0.1, 0.15) is 0 Å². The first kappa shape index (κ1) is 16.2. The molecule has 0 saturated carbocycles. The molecule has 5 heteroatoms. The minimum atomic E-state index is 0.387. The quantitative estimate of drug-likeness (QED) is 0.759. The first-order valence-electron chi connectivity index (χ1n) is 9.00. The topological polar surface area (TPSA) is 30.0 Å². The van der Waals surface area contributed by atoms with Crippen molar-refractivity contribution in [2.24, 2.45) is 5.92 Å². The second-order valence-corrected chi connectivity index (χ2v) is 7.58. The van der Waals surface area contributed by atoms with Gasteiger partial charge in [-0.2, -0.15) is 0 Å². The number of carbonyl (C=O) groups is 1. The minimum Gasteiger partial charge on any atom is -0.340 e. The zero-order valence-corrected chi connectivity index (χ0v) is 14.3. The van der Waals surface area contributed by atoms with Gasteiger partial charge < -0.3 is 14.7 Å². The second kappa shape index (κ2) is 7.28. The molecule has 0 radical (unpaired) electrons. The Labute approximate surface area is 135 Å². The molecule has 5 nitrogen and oxygen atoms in total. The molecule has 0 bridgehead atoms. The molecule has 3 saturated heterocycles. The van der Waals surface area contributed by atoms with E-state index in [1.54, 1.807) is 0 Å². The molecule has 0 unspecified atom stereocenters. The summed E-state index contributed by atoms with van der Waals surface area (Å²) in [6.07, 6.45) is 4.42. The van der Waals surface area contributed by atoms with Crippen molar-refractivity contribution in [3.05, 3.63) is 0 Å². The van der Waals surface area contributed by atoms with Gasteiger partial charge in [-0.15, -0.1) is 0 Å². The molecule has 3 heterocycles. The molecule has 3 aliphatic rings. The van der Waals surface area contributed by atoms with Gasteiger partial charge in [-0.3, -0.25) is 9.69 Å². The summed E-state index contributed by atoms with van der Waals surface area (Å²) < 4.78 is 0. The van der Waals surface area contributed by atoms with Crippen LogP contribution in [-0.2, 0) is 4.79 Å². The predicted molar refractivity (Wildman–Crippen MR) is 88.9 cm³/mol. The largest absolute Gasteiger partial charge is 0.340 e. The summed E-state index contributed by atoms with van der Waals surface area (Å²) in [5, 5.41) is 0. The van der Waals surface area contributed by atoms with Gasteiger partial charge in [0.2, 0.25) is 5.91 Å². The minimum absolute atomic E-state index is 0.387. The van der Waals surface area contributed by atoms with Crippen molar-refractivity contribution in [2.45, 2.75) is 31.7 Å². The maximum atomic E-state index is 12.3. The summed E-state index contributed by atoms with van der Waals surface area (Å²) in [5.74, 6) is 1.15. The van der Waals surface area contributed by atoms with Crippen molar-refractivity contribution in [3.8, 4) is 0 Å². The first-order valence-corrected chi connectivity index (χ1v) is 9.00. The molecule has 0 aromatic rings. The molecule has 0 aliphatic carbocycles. The zero-order valence-electron chi connectivity index (χ0n) is 14.3. The third-order valence-corrected chi connectivity index (χ3v) is 5.78. The van der Waals surface area contributed by atoms with Crippen molar-refractivity contribution in [1.82, 2.24) is 19.6 Å². The number of carbonyl (C=O) groups excluding carboxylic acids is 1. The second-order valence-electron chi connectivity index (χ2n) is 7.58. The third-order valence-electron chi connectivity index (χ3n) is 5.78. The van der Waals surface area contributed by atoms with E-state index in [4.69, 9.17) is 0 Å². The summed E-state index contributed by atoms with van der Waals surface area (Å²) in [7, 11) is 4.37. The van der Waals surface area contributed by atoms with Crippen LogP contribution in [0.1, 0.15) is 25.7 Å². The number of hydrogen-bond acceptors (Lipinski definition) is 4. The Morgan fingerprint density at radius 2 is 1.55 bits per heavy atom. The fourth-order valence-electron chi connectivity index (χ4n) is 4.19. The molecule has 0 N–H and O–H groups in total. The van der Waals surface area contributed by atoms with Gasteiger partial charge in [-0.05, 0) is 52.4 Å². The Bertz CT molecular complexity index is 367. The number of rotatable bonds is 4. The molecule has 3 fully saturated rings. The van der Waals surface area contributed by atoms with E-state index in [0.717, 1.165) is 51.0 Å². The fourth-order valence-corrected chi connectivity index (χ4v) is 4.19. The molecule has 0 aromatic carbocycles. The normalized spacial score (nSPS) is 27.1. The lowest BCUT2D eigenvalue weighted by molar-refractivity contribution is -0.134. The van der Waals surface area contributed by atoms with Crippen molar-refractivity contribution in [3.63, 3.8) is 0 Å². The number of hydrogen-bond donors (Lipinski definition) is 0. The average Bonchev–Trinajstić information content (AvgIpc) is 2.51. The van der Waals surface area contributed by atoms with E-state index in [9.17, 15) is 4.79 Å². The molecule has 0 atom stereocenters. The van der Waals surface area contributed by atoms with E-state index < -0.39 is 0 Å². The van der Waals surface area contributed by atoms with Gasteiger partial charge in [0.15, 0.2) is 0 Å². The van der Waals surface area contributed by atoms with Crippen LogP contribution in [0.4, 0.5) is 0 Å². The predicted octanol–water partition coefficient (Wildman–Crippen LogP) is 0.567. The van der Waals surface area contributed by atoms with Crippen LogP contribution in [0, 0.1) is 5.92 Å². The Kier molecular flexibility index (Phi) is 5.37. The smallest absolute Gasteiger partial charge is 0.222 e. The van der Waals surface area contributed by atoms with Crippen molar-refractivity contribution >= 4 is 5.91 Å². The van der Waals surface area contributed by atoms with E-state index in [2.05, 4.69) is 33.7 Å². The number of piperazine rings is 1. The molecule has 3 rings (SSSR count). The van der Waals surface area contributed by atoms with E-state index in [0.29, 0.717) is 5.91 Å². The molecular weight excluding hydrogens is 276 g/mol. The number of nitrogens with zero attached hydrogens (tertiary/aromatic N) is 4. The van der Waals surface area contributed by atoms with Gasteiger partial charge in [0, 0.05) is 51.7 Å². The number of likely N-dealkylation sites (tertiary alicyclic amines) is 2. The Balaban J connectivity index is 1.35. The summed E-state index contributed by atoms with van der Waals surface area (Å²) >= 11 is 0. The highest BCUT2D eigenvalue weighted by Crippen LogP contribution is 2.20. The SMILES string of the molecule is CN1CCC(N2CCN(C(=O)CCC3CN(C)C3)CC2)CC1. The van der Waals surface area contributed by atoms with Gasteiger partial charge >= 0.3 is 0 Å². The zero-order chi connectivity index (χ0) is 15.5. The van der Waals surface area contributed by atoms with Crippen molar-refractivity contribution in [2.75, 3.05) is 66.5 Å². The Hall–Kier alpha value is -0.650. The van der Waals surface area contributed by atoms with E-state index in [1.165, 1.54) is 39.0 Å². The van der Waals surface area contributed by atoms with E-state index in [-0.39, 0.29) is 0 Å². The lowest BCUT2D eigenvalue weighted by Crippen LogP contribution is -2.54. The summed E-state index contributed by atoms with van der Waals surface area (Å²) in [4.78, 5) is 21.8. The summed E-state index contributed by atoms with van der Waals surface area (Å²) in [6, 6.07) is 0.749. The molecule has 0 aromatic heterocycles. The maximum Gasteiger partial charge on any atom is 0.222 e. The molecule has 126 valence electrons. The average molecular weight is 308 g/mol. The van der Waals surface area contributed by atoms with Crippen LogP contribution in [0.5, 0.6) is 0 Å². The lowest BCUT2D eigenvalue weighted by atomic mass is 9.95. The van der Waals surface area contributed by atoms with Crippen molar-refractivity contribution in [1.29, 1.82) is 0 Å². The fraction of sp³-hybridized carbons (Fsp3) is 0.941. The highest BCUT2D eigenvalue weighted by molar-refractivity contribution is 5.76. The standard InChI is InChI=1S/C17H32N4O/c1-18-7-5-16(6-8-18)20-9-11-21(12-10-20)17(22)4-3-15-13-19(2)14-15/h15-16H,3-14H2,1-2H3. The lowest BCUT2D eigenvalue weighted by Gasteiger charge is -2.42. The summed E-state index contributed by atoms with van der Waals surface area (Å²) in [5.41, 5.74) is 0. The van der Waals surface area contributed by atoms with Crippen LogP contribution in [0.3, 0.4) is 0 Å². The van der Waals surface area contributed by atoms with Crippen LogP contribution in [0.15, 0.2) is 0 Å². The van der Waals surface area contributed by atoms with Gasteiger partial charge in [0.05, 0.1) is 0 Å². The highest BCUT2D eigenvalue weighted by Gasteiger charge is 2.29. The number of amides is 1. The van der Waals surface area contributed by atoms with Gasteiger partial charge in [-0.1, -0.05) is 0 Å². The molecule has 3 aliphatic heterocycles. The van der Waals surface area contributed by atoms with Crippen LogP contribution in [0.2, 0.25) is 0 Å². The first-order chi connectivity index (χ1) is 10.6. The van der Waals surface area contributed by atoms with Gasteiger partial charge in [0.25, 0.3) is 0 Å². The molecule has 22 heavy (non-hydrogen) atoms. The number of piperidine rings is 1.